The molecule has 7 heteroatoms. The number of hydrogen-bond donors (Lipinski definition) is 2. The molecule has 0 saturated heterocycles. The molecule has 0 aliphatic heterocycles. The SMILES string of the molecule is CSc1nn(-c2ccccc2Cl)c(N)c1C(=O)O. The summed E-state index contributed by atoms with van der Waals surface area (Å²) in [6.45, 7) is 0. The fraction of sp³-hybridized carbons (Fsp3) is 0.0909. The van der Waals surface area contributed by atoms with E-state index in [4.69, 9.17) is 22.4 Å². The number of halogens is 1. The van der Waals surface area contributed by atoms with Crippen LogP contribution in [0.25, 0.3) is 5.69 Å². The molecule has 0 radical (unpaired) electrons. The highest BCUT2D eigenvalue weighted by molar-refractivity contribution is 7.98. The van der Waals surface area contributed by atoms with Gasteiger partial charge in [0.05, 0.1) is 10.7 Å². The van der Waals surface area contributed by atoms with Crippen LogP contribution < -0.4 is 5.73 Å². The molecule has 18 heavy (non-hydrogen) atoms. The van der Waals surface area contributed by atoms with Crippen molar-refractivity contribution in [3.8, 4) is 5.69 Å². The summed E-state index contributed by atoms with van der Waals surface area (Å²) < 4.78 is 1.34. The summed E-state index contributed by atoms with van der Waals surface area (Å²) in [6.07, 6.45) is 1.74. The van der Waals surface area contributed by atoms with E-state index in [1.165, 1.54) is 16.4 Å². The number of nitrogens with two attached hydrogens (primary N) is 1. The van der Waals surface area contributed by atoms with Crippen molar-refractivity contribution in [2.45, 2.75) is 5.03 Å². The summed E-state index contributed by atoms with van der Waals surface area (Å²) in [4.78, 5) is 11.2. The van der Waals surface area contributed by atoms with Gasteiger partial charge in [0.1, 0.15) is 16.4 Å². The van der Waals surface area contributed by atoms with E-state index in [-0.39, 0.29) is 11.4 Å². The third kappa shape index (κ3) is 2.04. The average Bonchev–Trinajstić information content (AvgIpc) is 2.67. The molecule has 1 aromatic carbocycles. The van der Waals surface area contributed by atoms with E-state index in [2.05, 4.69) is 5.10 Å². The zero-order chi connectivity index (χ0) is 13.3. The first-order chi connectivity index (χ1) is 8.56. The first kappa shape index (κ1) is 12.8. The molecular formula is C11H10ClN3O2S. The molecule has 3 N–H and O–H groups in total. The molecular weight excluding hydrogens is 274 g/mol. The summed E-state index contributed by atoms with van der Waals surface area (Å²) in [6, 6.07) is 6.97. The number of nitrogens with zero attached hydrogens (tertiary/aromatic N) is 2. The van der Waals surface area contributed by atoms with E-state index >= 15 is 0 Å². The van der Waals surface area contributed by atoms with E-state index in [9.17, 15) is 4.79 Å². The second kappa shape index (κ2) is 4.91. The van der Waals surface area contributed by atoms with Crippen molar-refractivity contribution in [1.29, 1.82) is 0 Å². The Balaban J connectivity index is 2.67. The second-order valence-electron chi connectivity index (χ2n) is 3.44. The van der Waals surface area contributed by atoms with Gasteiger partial charge in [0, 0.05) is 0 Å². The highest BCUT2D eigenvalue weighted by Gasteiger charge is 2.22. The predicted molar refractivity (Wildman–Crippen MR) is 71.7 cm³/mol. The van der Waals surface area contributed by atoms with Gasteiger partial charge in [0.25, 0.3) is 0 Å². The van der Waals surface area contributed by atoms with Crippen molar-refractivity contribution in [1.82, 2.24) is 9.78 Å². The highest BCUT2D eigenvalue weighted by atomic mass is 35.5. The Labute approximate surface area is 113 Å². The van der Waals surface area contributed by atoms with Gasteiger partial charge in [-0.05, 0) is 18.4 Å². The molecule has 0 saturated carbocycles. The summed E-state index contributed by atoms with van der Waals surface area (Å²) in [5.74, 6) is -1.03. The number of aromatic carboxylic acids is 1. The summed E-state index contributed by atoms with van der Waals surface area (Å²) >= 11 is 7.27. The van der Waals surface area contributed by atoms with E-state index in [1.807, 2.05) is 0 Å². The number of aromatic nitrogens is 2. The molecule has 0 fully saturated rings. The molecule has 1 heterocycles. The molecule has 5 nitrogen and oxygen atoms in total. The molecule has 94 valence electrons. The first-order valence-corrected chi connectivity index (χ1v) is 6.57. The third-order valence-electron chi connectivity index (χ3n) is 2.38. The average molecular weight is 284 g/mol. The van der Waals surface area contributed by atoms with E-state index in [0.717, 1.165) is 0 Å². The van der Waals surface area contributed by atoms with E-state index < -0.39 is 5.97 Å². The number of nitrogen functional groups attached to an aromatic ring is 1. The molecule has 0 unspecified atom stereocenters. The summed E-state index contributed by atoms with van der Waals surface area (Å²) in [5.41, 5.74) is 6.39. The lowest BCUT2D eigenvalue weighted by Gasteiger charge is -2.05. The van der Waals surface area contributed by atoms with Crippen LogP contribution in [0.5, 0.6) is 0 Å². The minimum Gasteiger partial charge on any atom is -0.477 e. The van der Waals surface area contributed by atoms with Crippen LogP contribution in [0.15, 0.2) is 29.3 Å². The van der Waals surface area contributed by atoms with Crippen LogP contribution in [0.3, 0.4) is 0 Å². The Bertz CT molecular complexity index is 612. The summed E-state index contributed by atoms with van der Waals surface area (Å²) in [5, 5.41) is 14.1. The lowest BCUT2D eigenvalue weighted by molar-refractivity contribution is 0.0694. The van der Waals surface area contributed by atoms with Gasteiger partial charge in [-0.25, -0.2) is 9.48 Å². The zero-order valence-electron chi connectivity index (χ0n) is 9.42. The quantitative estimate of drug-likeness (QED) is 0.846. The van der Waals surface area contributed by atoms with Gasteiger partial charge < -0.3 is 10.8 Å². The van der Waals surface area contributed by atoms with Crippen LogP contribution >= 0.6 is 23.4 Å². The Morgan fingerprint density at radius 2 is 2.17 bits per heavy atom. The smallest absolute Gasteiger partial charge is 0.342 e. The molecule has 2 aromatic rings. The molecule has 2 rings (SSSR count). The minimum atomic E-state index is -1.10. The minimum absolute atomic E-state index is 0.00224. The van der Waals surface area contributed by atoms with Crippen molar-refractivity contribution in [2.24, 2.45) is 0 Å². The van der Waals surface area contributed by atoms with Gasteiger partial charge in [0.2, 0.25) is 0 Å². The van der Waals surface area contributed by atoms with Crippen LogP contribution in [0.2, 0.25) is 5.02 Å². The number of hydrogen-bond acceptors (Lipinski definition) is 4. The van der Waals surface area contributed by atoms with E-state index in [0.29, 0.717) is 15.7 Å². The maximum Gasteiger partial charge on any atom is 0.342 e. The second-order valence-corrected chi connectivity index (χ2v) is 4.64. The number of rotatable bonds is 3. The van der Waals surface area contributed by atoms with Crippen LogP contribution in [0.4, 0.5) is 5.82 Å². The van der Waals surface area contributed by atoms with E-state index in [1.54, 1.807) is 30.5 Å². The van der Waals surface area contributed by atoms with Crippen molar-refractivity contribution in [3.05, 3.63) is 34.9 Å². The van der Waals surface area contributed by atoms with Gasteiger partial charge >= 0.3 is 5.97 Å². The molecule has 0 amide bonds. The predicted octanol–water partition coefficient (Wildman–Crippen LogP) is 2.53. The Morgan fingerprint density at radius 1 is 1.50 bits per heavy atom. The van der Waals surface area contributed by atoms with Crippen LogP contribution in [0.1, 0.15) is 10.4 Å². The zero-order valence-corrected chi connectivity index (χ0v) is 11.0. The summed E-state index contributed by atoms with van der Waals surface area (Å²) in [7, 11) is 0. The highest BCUT2D eigenvalue weighted by Crippen LogP contribution is 2.29. The van der Waals surface area contributed by atoms with Gasteiger partial charge in [0.15, 0.2) is 0 Å². The van der Waals surface area contributed by atoms with Crippen molar-refractivity contribution in [2.75, 3.05) is 12.0 Å². The number of para-hydroxylation sites is 1. The molecule has 0 aliphatic carbocycles. The molecule has 1 aromatic heterocycles. The number of carboxylic acid groups (broad SMARTS) is 1. The Kier molecular flexibility index (Phi) is 3.49. The maximum absolute atomic E-state index is 11.2. The molecule has 0 spiro atoms. The Morgan fingerprint density at radius 3 is 2.67 bits per heavy atom. The van der Waals surface area contributed by atoms with Crippen molar-refractivity contribution < 1.29 is 9.90 Å². The van der Waals surface area contributed by atoms with Crippen LogP contribution in [-0.4, -0.2) is 27.1 Å². The van der Waals surface area contributed by atoms with Crippen LogP contribution in [-0.2, 0) is 0 Å². The number of anilines is 1. The normalized spacial score (nSPS) is 10.6. The van der Waals surface area contributed by atoms with Gasteiger partial charge in [-0.15, -0.1) is 11.8 Å². The van der Waals surface area contributed by atoms with Crippen molar-refractivity contribution >= 4 is 35.1 Å². The monoisotopic (exact) mass is 283 g/mol. The molecule has 0 atom stereocenters. The lowest BCUT2D eigenvalue weighted by Crippen LogP contribution is -2.06. The van der Waals surface area contributed by atoms with Crippen LogP contribution in [0, 0.1) is 0 Å². The maximum atomic E-state index is 11.2. The number of carbonyl (C=O) groups is 1. The number of carboxylic acids is 1. The first-order valence-electron chi connectivity index (χ1n) is 4.97. The number of thioether (sulfide) groups is 1. The van der Waals surface area contributed by atoms with Gasteiger partial charge in [-0.3, -0.25) is 0 Å². The van der Waals surface area contributed by atoms with Gasteiger partial charge in [-0.1, -0.05) is 23.7 Å². The third-order valence-corrected chi connectivity index (χ3v) is 3.37. The standard InChI is InChI=1S/C11H10ClN3O2S/c1-18-10-8(11(16)17)9(13)15(14-10)7-5-3-2-4-6(7)12/h2-5H,13H2,1H3,(H,16,17). The van der Waals surface area contributed by atoms with Gasteiger partial charge in [-0.2, -0.15) is 5.10 Å². The molecule has 0 bridgehead atoms. The fourth-order valence-electron chi connectivity index (χ4n) is 1.56. The number of benzene rings is 1. The Hall–Kier alpha value is -1.66. The van der Waals surface area contributed by atoms with Crippen molar-refractivity contribution in [3.63, 3.8) is 0 Å². The largest absolute Gasteiger partial charge is 0.477 e. The molecule has 0 aliphatic rings. The fourth-order valence-corrected chi connectivity index (χ4v) is 2.34. The lowest BCUT2D eigenvalue weighted by atomic mass is 10.3. The topological polar surface area (TPSA) is 81.1 Å².